The molecule has 6 nitrogen and oxygen atoms in total. The summed E-state index contributed by atoms with van der Waals surface area (Å²) in [7, 11) is 0. The number of halogens is 1. The second kappa shape index (κ2) is 7.61. The predicted octanol–water partition coefficient (Wildman–Crippen LogP) is 1.40. The van der Waals surface area contributed by atoms with Crippen LogP contribution in [-0.4, -0.2) is 62.6 Å². The molecule has 1 aromatic carbocycles. The van der Waals surface area contributed by atoms with Crippen LogP contribution < -0.4 is 10.1 Å². The molecule has 2 aliphatic rings. The average molecular weight is 324 g/mol. The smallest absolute Gasteiger partial charge is 0.317 e. The van der Waals surface area contributed by atoms with Gasteiger partial charge in [0.2, 0.25) is 0 Å². The number of amides is 2. The first-order valence-electron chi connectivity index (χ1n) is 7.85. The highest BCUT2D eigenvalue weighted by molar-refractivity contribution is 5.74. The van der Waals surface area contributed by atoms with Crippen LogP contribution in [0.15, 0.2) is 24.3 Å². The topological polar surface area (TPSA) is 60.0 Å². The summed E-state index contributed by atoms with van der Waals surface area (Å²) in [6.07, 6.45) is 0.403. The summed E-state index contributed by atoms with van der Waals surface area (Å²) >= 11 is 0. The summed E-state index contributed by atoms with van der Waals surface area (Å²) in [4.78, 5) is 14.0. The van der Waals surface area contributed by atoms with Crippen LogP contribution in [0.25, 0.3) is 0 Å². The zero-order valence-electron chi connectivity index (χ0n) is 12.9. The summed E-state index contributed by atoms with van der Waals surface area (Å²) in [5.41, 5.74) is 0. The van der Waals surface area contributed by atoms with E-state index in [0.29, 0.717) is 51.7 Å². The molecule has 0 bridgehead atoms. The van der Waals surface area contributed by atoms with Crippen molar-refractivity contribution in [1.82, 2.24) is 10.2 Å². The fourth-order valence-corrected chi connectivity index (χ4v) is 2.73. The minimum absolute atomic E-state index is 0.142. The van der Waals surface area contributed by atoms with Gasteiger partial charge in [-0.25, -0.2) is 9.18 Å². The number of carbonyl (C=O) groups is 1. The number of nitrogens with zero attached hydrogens (tertiary/aromatic N) is 1. The van der Waals surface area contributed by atoms with E-state index in [1.165, 1.54) is 12.1 Å². The molecular formula is C16H21FN2O4. The van der Waals surface area contributed by atoms with Crippen LogP contribution in [0.3, 0.4) is 0 Å². The highest BCUT2D eigenvalue weighted by atomic mass is 19.1. The van der Waals surface area contributed by atoms with Gasteiger partial charge >= 0.3 is 6.03 Å². The standard InChI is InChI=1S/C16H21FN2O4/c17-12-2-1-3-13(10-12)23-15-4-7-22-11-14(15)18-16(20)19-5-8-21-9-6-19/h1-3,10,14-15H,4-9,11H2,(H,18,20)/t14-,15+/m1/s1. The Bertz CT molecular complexity index is 537. The summed E-state index contributed by atoms with van der Waals surface area (Å²) in [5, 5.41) is 2.96. The molecular weight excluding hydrogens is 303 g/mol. The van der Waals surface area contributed by atoms with Crippen molar-refractivity contribution in [3.8, 4) is 5.75 Å². The van der Waals surface area contributed by atoms with Crippen molar-refractivity contribution in [3.63, 3.8) is 0 Å². The van der Waals surface area contributed by atoms with Crippen LogP contribution in [0.4, 0.5) is 9.18 Å². The van der Waals surface area contributed by atoms with Gasteiger partial charge in [0.25, 0.3) is 0 Å². The lowest BCUT2D eigenvalue weighted by Gasteiger charge is -2.35. The number of ether oxygens (including phenoxy) is 3. The third-order valence-corrected chi connectivity index (χ3v) is 3.98. The van der Waals surface area contributed by atoms with Crippen molar-refractivity contribution in [2.24, 2.45) is 0 Å². The number of carbonyl (C=O) groups excluding carboxylic acids is 1. The molecule has 2 fully saturated rings. The van der Waals surface area contributed by atoms with Crippen molar-refractivity contribution in [2.75, 3.05) is 39.5 Å². The first-order chi connectivity index (χ1) is 11.2. The number of nitrogens with one attached hydrogen (secondary N) is 1. The Morgan fingerprint density at radius 3 is 2.87 bits per heavy atom. The van der Waals surface area contributed by atoms with E-state index in [0.717, 1.165) is 0 Å². The molecule has 2 atom stereocenters. The maximum atomic E-state index is 13.3. The number of hydrogen-bond donors (Lipinski definition) is 1. The van der Waals surface area contributed by atoms with Gasteiger partial charge in [-0.2, -0.15) is 0 Å². The number of rotatable bonds is 3. The van der Waals surface area contributed by atoms with Crippen LogP contribution in [0.5, 0.6) is 5.75 Å². The predicted molar refractivity (Wildman–Crippen MR) is 81.0 cm³/mol. The Labute approximate surface area is 134 Å². The van der Waals surface area contributed by atoms with Crippen LogP contribution in [0, 0.1) is 5.82 Å². The molecule has 0 saturated carbocycles. The van der Waals surface area contributed by atoms with E-state index in [9.17, 15) is 9.18 Å². The zero-order valence-corrected chi connectivity index (χ0v) is 12.9. The minimum Gasteiger partial charge on any atom is -0.488 e. The Hall–Kier alpha value is -1.86. The molecule has 7 heteroatoms. The first-order valence-corrected chi connectivity index (χ1v) is 7.85. The molecule has 2 amide bonds. The largest absolute Gasteiger partial charge is 0.488 e. The quantitative estimate of drug-likeness (QED) is 0.913. The fraction of sp³-hybridized carbons (Fsp3) is 0.562. The summed E-state index contributed by atoms with van der Waals surface area (Å²) < 4.78 is 29.8. The maximum absolute atomic E-state index is 13.3. The molecule has 23 heavy (non-hydrogen) atoms. The van der Waals surface area contributed by atoms with Crippen LogP contribution in [0.1, 0.15) is 6.42 Å². The fourth-order valence-electron chi connectivity index (χ4n) is 2.73. The lowest BCUT2D eigenvalue weighted by Crippen LogP contribution is -2.56. The zero-order chi connectivity index (χ0) is 16.1. The van der Waals surface area contributed by atoms with Crippen molar-refractivity contribution in [2.45, 2.75) is 18.6 Å². The van der Waals surface area contributed by atoms with Crippen LogP contribution >= 0.6 is 0 Å². The lowest BCUT2D eigenvalue weighted by atomic mass is 10.1. The molecule has 2 saturated heterocycles. The molecule has 0 radical (unpaired) electrons. The second-order valence-corrected chi connectivity index (χ2v) is 5.63. The van der Waals surface area contributed by atoms with Gasteiger partial charge in [-0.05, 0) is 12.1 Å². The molecule has 0 aromatic heterocycles. The van der Waals surface area contributed by atoms with Gasteiger partial charge in [-0.1, -0.05) is 6.07 Å². The highest BCUT2D eigenvalue weighted by Gasteiger charge is 2.30. The summed E-state index contributed by atoms with van der Waals surface area (Å²) in [5.74, 6) is 0.117. The van der Waals surface area contributed by atoms with Crippen molar-refractivity contribution in [1.29, 1.82) is 0 Å². The molecule has 3 rings (SSSR count). The van der Waals surface area contributed by atoms with Gasteiger partial charge in [0, 0.05) is 25.6 Å². The van der Waals surface area contributed by atoms with E-state index in [2.05, 4.69) is 5.32 Å². The van der Waals surface area contributed by atoms with E-state index >= 15 is 0 Å². The SMILES string of the molecule is O=C(N[C@@H]1COCC[C@@H]1Oc1cccc(F)c1)N1CCOCC1. The molecule has 0 unspecified atom stereocenters. The minimum atomic E-state index is -0.344. The lowest BCUT2D eigenvalue weighted by molar-refractivity contribution is -0.00437. The second-order valence-electron chi connectivity index (χ2n) is 5.63. The van der Waals surface area contributed by atoms with Gasteiger partial charge in [-0.3, -0.25) is 0 Å². The first kappa shape index (κ1) is 16.0. The molecule has 1 aromatic rings. The van der Waals surface area contributed by atoms with Gasteiger partial charge in [0.1, 0.15) is 17.7 Å². The van der Waals surface area contributed by atoms with E-state index in [1.54, 1.807) is 17.0 Å². The van der Waals surface area contributed by atoms with Gasteiger partial charge in [0.05, 0.1) is 32.5 Å². The third-order valence-electron chi connectivity index (χ3n) is 3.98. The molecule has 2 heterocycles. The Morgan fingerprint density at radius 1 is 1.26 bits per heavy atom. The van der Waals surface area contributed by atoms with E-state index in [-0.39, 0.29) is 24.0 Å². The Balaban J connectivity index is 1.60. The Morgan fingerprint density at radius 2 is 2.09 bits per heavy atom. The van der Waals surface area contributed by atoms with Crippen molar-refractivity contribution >= 4 is 6.03 Å². The Kier molecular flexibility index (Phi) is 5.30. The van der Waals surface area contributed by atoms with Crippen molar-refractivity contribution in [3.05, 3.63) is 30.1 Å². The average Bonchev–Trinajstić information content (AvgIpc) is 2.57. The van der Waals surface area contributed by atoms with E-state index in [4.69, 9.17) is 14.2 Å². The molecule has 2 aliphatic heterocycles. The summed E-state index contributed by atoms with van der Waals surface area (Å²) in [6.45, 7) is 3.21. The van der Waals surface area contributed by atoms with Gasteiger partial charge < -0.3 is 24.4 Å². The number of hydrogen-bond acceptors (Lipinski definition) is 4. The van der Waals surface area contributed by atoms with Gasteiger partial charge in [0.15, 0.2) is 0 Å². The molecule has 0 aliphatic carbocycles. The summed E-state index contributed by atoms with van der Waals surface area (Å²) in [6, 6.07) is 5.62. The normalized spacial score (nSPS) is 25.0. The molecule has 126 valence electrons. The maximum Gasteiger partial charge on any atom is 0.317 e. The molecule has 0 spiro atoms. The van der Waals surface area contributed by atoms with E-state index in [1.807, 2.05) is 0 Å². The number of benzene rings is 1. The third kappa shape index (κ3) is 4.33. The van der Waals surface area contributed by atoms with Gasteiger partial charge in [-0.15, -0.1) is 0 Å². The molecule has 1 N–H and O–H groups in total. The number of urea groups is 1. The van der Waals surface area contributed by atoms with E-state index < -0.39 is 0 Å². The van der Waals surface area contributed by atoms with Crippen molar-refractivity contribution < 1.29 is 23.4 Å². The van der Waals surface area contributed by atoms with Crippen LogP contribution in [-0.2, 0) is 9.47 Å². The monoisotopic (exact) mass is 324 g/mol. The number of morpholine rings is 1. The van der Waals surface area contributed by atoms with Crippen LogP contribution in [0.2, 0.25) is 0 Å². The highest BCUT2D eigenvalue weighted by Crippen LogP contribution is 2.19.